The van der Waals surface area contributed by atoms with Gasteiger partial charge in [0.15, 0.2) is 0 Å². The molecule has 0 radical (unpaired) electrons. The first-order valence-corrected chi connectivity index (χ1v) is 6.75. The summed E-state index contributed by atoms with van der Waals surface area (Å²) < 4.78 is 4.78. The molecule has 1 aromatic carbocycles. The van der Waals surface area contributed by atoms with Crippen molar-refractivity contribution in [3.8, 4) is 0 Å². The van der Waals surface area contributed by atoms with E-state index in [1.807, 2.05) is 32.9 Å². The van der Waals surface area contributed by atoms with Crippen LogP contribution < -0.4 is 16.4 Å². The highest BCUT2D eigenvalue weighted by Gasteiger charge is 2.14. The summed E-state index contributed by atoms with van der Waals surface area (Å²) in [6.07, 6.45) is 0. The van der Waals surface area contributed by atoms with E-state index in [1.54, 1.807) is 0 Å². The number of hydrogen-bond acceptors (Lipinski definition) is 4. The summed E-state index contributed by atoms with van der Waals surface area (Å²) in [7, 11) is 1.46. The van der Waals surface area contributed by atoms with E-state index in [1.165, 1.54) is 7.11 Å². The molecule has 116 valence electrons. The molecule has 6 heteroatoms. The molecule has 1 unspecified atom stereocenters. The number of amides is 2. The number of carbonyl (C=O) groups excluding carboxylic acids is 2. The minimum absolute atomic E-state index is 0.115. The topological polar surface area (TPSA) is 93.4 Å². The standard InChI is InChI=1S/C15H23N3O3/c1-9-5-10(2)14(11(3)6-9)18-13(19)7-17-15(20)12(16)8-21-4/h5-6,12H,7-8,16H2,1-4H3,(H,17,20)(H,18,19). The number of nitrogens with two attached hydrogens (primary N) is 1. The van der Waals surface area contributed by atoms with Crippen molar-refractivity contribution < 1.29 is 14.3 Å². The fraction of sp³-hybridized carbons (Fsp3) is 0.467. The Bertz CT molecular complexity index is 506. The monoisotopic (exact) mass is 293 g/mol. The fourth-order valence-corrected chi connectivity index (χ4v) is 2.11. The van der Waals surface area contributed by atoms with Crippen molar-refractivity contribution in [3.63, 3.8) is 0 Å². The van der Waals surface area contributed by atoms with Gasteiger partial charge in [-0.3, -0.25) is 9.59 Å². The molecule has 0 spiro atoms. The van der Waals surface area contributed by atoms with Crippen molar-refractivity contribution in [3.05, 3.63) is 28.8 Å². The van der Waals surface area contributed by atoms with Crippen molar-refractivity contribution >= 4 is 17.5 Å². The lowest BCUT2D eigenvalue weighted by molar-refractivity contribution is -0.126. The van der Waals surface area contributed by atoms with Crippen LogP contribution >= 0.6 is 0 Å². The van der Waals surface area contributed by atoms with Crippen LogP contribution in [-0.4, -0.2) is 38.1 Å². The summed E-state index contributed by atoms with van der Waals surface area (Å²) in [5.74, 6) is -0.702. The molecule has 1 atom stereocenters. The third-order valence-electron chi connectivity index (χ3n) is 3.05. The van der Waals surface area contributed by atoms with Crippen LogP contribution in [0.4, 0.5) is 5.69 Å². The van der Waals surface area contributed by atoms with Gasteiger partial charge in [0.25, 0.3) is 0 Å². The number of hydrogen-bond donors (Lipinski definition) is 3. The highest BCUT2D eigenvalue weighted by atomic mass is 16.5. The first kappa shape index (κ1) is 17.1. The minimum atomic E-state index is -0.773. The lowest BCUT2D eigenvalue weighted by Crippen LogP contribution is -2.45. The van der Waals surface area contributed by atoms with Crippen LogP contribution in [0.25, 0.3) is 0 Å². The quantitative estimate of drug-likeness (QED) is 0.717. The van der Waals surface area contributed by atoms with Crippen molar-refractivity contribution in [2.45, 2.75) is 26.8 Å². The van der Waals surface area contributed by atoms with Gasteiger partial charge >= 0.3 is 0 Å². The molecular weight excluding hydrogens is 270 g/mol. The molecule has 0 aromatic heterocycles. The van der Waals surface area contributed by atoms with Gasteiger partial charge in [0.1, 0.15) is 6.04 Å². The second-order valence-electron chi connectivity index (χ2n) is 5.10. The third-order valence-corrected chi connectivity index (χ3v) is 3.05. The fourth-order valence-electron chi connectivity index (χ4n) is 2.11. The molecule has 0 heterocycles. The molecule has 21 heavy (non-hydrogen) atoms. The van der Waals surface area contributed by atoms with E-state index < -0.39 is 11.9 Å². The van der Waals surface area contributed by atoms with Gasteiger partial charge < -0.3 is 21.1 Å². The minimum Gasteiger partial charge on any atom is -0.383 e. The van der Waals surface area contributed by atoms with E-state index in [4.69, 9.17) is 10.5 Å². The Morgan fingerprint density at radius 3 is 2.33 bits per heavy atom. The predicted octanol–water partition coefficient (Wildman–Crippen LogP) is 0.640. The summed E-state index contributed by atoms with van der Waals surface area (Å²) in [6.45, 7) is 5.86. The highest BCUT2D eigenvalue weighted by Crippen LogP contribution is 2.21. The number of anilines is 1. The first-order chi connectivity index (χ1) is 9.85. The van der Waals surface area contributed by atoms with Crippen molar-refractivity contribution in [1.82, 2.24) is 5.32 Å². The SMILES string of the molecule is COCC(N)C(=O)NCC(=O)Nc1c(C)cc(C)cc1C. The van der Waals surface area contributed by atoms with Crippen molar-refractivity contribution in [1.29, 1.82) is 0 Å². The third kappa shape index (κ3) is 5.17. The molecule has 2 amide bonds. The highest BCUT2D eigenvalue weighted by molar-refractivity contribution is 5.96. The lowest BCUT2D eigenvalue weighted by atomic mass is 10.1. The predicted molar refractivity (Wildman–Crippen MR) is 82.1 cm³/mol. The average molecular weight is 293 g/mol. The van der Waals surface area contributed by atoms with Crippen molar-refractivity contribution in [2.24, 2.45) is 5.73 Å². The van der Waals surface area contributed by atoms with E-state index in [-0.39, 0.29) is 19.1 Å². The zero-order valence-corrected chi connectivity index (χ0v) is 12.9. The summed E-state index contributed by atoms with van der Waals surface area (Å²) in [5, 5.41) is 5.29. The van der Waals surface area contributed by atoms with E-state index in [0.29, 0.717) is 0 Å². The molecule has 0 aliphatic heterocycles. The molecule has 0 fully saturated rings. The lowest BCUT2D eigenvalue weighted by Gasteiger charge is -2.14. The molecule has 0 aliphatic carbocycles. The van der Waals surface area contributed by atoms with Gasteiger partial charge in [-0.25, -0.2) is 0 Å². The summed E-state index contributed by atoms with van der Waals surface area (Å²) >= 11 is 0. The van der Waals surface area contributed by atoms with Gasteiger partial charge in [0.2, 0.25) is 11.8 Å². The Morgan fingerprint density at radius 1 is 1.24 bits per heavy atom. The maximum atomic E-state index is 11.9. The molecule has 0 saturated carbocycles. The molecule has 6 nitrogen and oxygen atoms in total. The Kier molecular flexibility index (Phi) is 6.33. The Balaban J connectivity index is 2.57. The van der Waals surface area contributed by atoms with Crippen LogP contribution in [0.2, 0.25) is 0 Å². The molecule has 1 aromatic rings. The maximum Gasteiger partial charge on any atom is 0.243 e. The summed E-state index contributed by atoms with van der Waals surface area (Å²) in [6, 6.07) is 3.22. The second kappa shape index (κ2) is 7.75. The molecular formula is C15H23N3O3. The van der Waals surface area contributed by atoms with E-state index in [9.17, 15) is 9.59 Å². The first-order valence-electron chi connectivity index (χ1n) is 6.75. The van der Waals surface area contributed by atoms with Gasteiger partial charge in [-0.1, -0.05) is 17.7 Å². The van der Waals surface area contributed by atoms with Crippen LogP contribution in [0.3, 0.4) is 0 Å². The molecule has 1 rings (SSSR count). The number of benzene rings is 1. The molecule has 4 N–H and O–H groups in total. The second-order valence-corrected chi connectivity index (χ2v) is 5.10. The molecule has 0 bridgehead atoms. The maximum absolute atomic E-state index is 11.9. The van der Waals surface area contributed by atoms with Gasteiger partial charge in [0, 0.05) is 12.8 Å². The van der Waals surface area contributed by atoms with Gasteiger partial charge in [0.05, 0.1) is 13.2 Å². The number of nitrogens with one attached hydrogen (secondary N) is 2. The number of ether oxygens (including phenoxy) is 1. The number of aryl methyl sites for hydroxylation is 3. The number of carbonyl (C=O) groups is 2. The largest absolute Gasteiger partial charge is 0.383 e. The van der Waals surface area contributed by atoms with Gasteiger partial charge in [-0.2, -0.15) is 0 Å². The summed E-state index contributed by atoms with van der Waals surface area (Å²) in [4.78, 5) is 23.5. The Hall–Kier alpha value is -1.92. The smallest absolute Gasteiger partial charge is 0.243 e. The van der Waals surface area contributed by atoms with E-state index >= 15 is 0 Å². The number of methoxy groups -OCH3 is 1. The van der Waals surface area contributed by atoms with Crippen LogP contribution in [0, 0.1) is 20.8 Å². The van der Waals surface area contributed by atoms with E-state index in [0.717, 1.165) is 22.4 Å². The normalized spacial score (nSPS) is 11.9. The Labute approximate surface area is 125 Å². The average Bonchev–Trinajstić information content (AvgIpc) is 2.40. The van der Waals surface area contributed by atoms with Crippen LogP contribution in [0.15, 0.2) is 12.1 Å². The van der Waals surface area contributed by atoms with Crippen LogP contribution in [0.1, 0.15) is 16.7 Å². The van der Waals surface area contributed by atoms with Gasteiger partial charge in [-0.15, -0.1) is 0 Å². The van der Waals surface area contributed by atoms with Crippen LogP contribution in [-0.2, 0) is 14.3 Å². The molecule has 0 saturated heterocycles. The van der Waals surface area contributed by atoms with Gasteiger partial charge in [-0.05, 0) is 31.9 Å². The van der Waals surface area contributed by atoms with E-state index in [2.05, 4.69) is 10.6 Å². The Morgan fingerprint density at radius 2 is 1.81 bits per heavy atom. The summed E-state index contributed by atoms with van der Waals surface area (Å²) in [5.41, 5.74) is 9.46. The van der Waals surface area contributed by atoms with Crippen LogP contribution in [0.5, 0.6) is 0 Å². The van der Waals surface area contributed by atoms with Crippen molar-refractivity contribution in [2.75, 3.05) is 25.6 Å². The zero-order valence-electron chi connectivity index (χ0n) is 12.9. The number of rotatable bonds is 6. The zero-order chi connectivity index (χ0) is 16.0. The molecule has 0 aliphatic rings.